The van der Waals surface area contributed by atoms with Gasteiger partial charge in [-0.05, 0) is 20.3 Å². The van der Waals surface area contributed by atoms with Gasteiger partial charge in [-0.1, -0.05) is 27.6 Å². The molecule has 1 aliphatic rings. The van der Waals surface area contributed by atoms with Crippen molar-refractivity contribution in [3.63, 3.8) is 0 Å². The quantitative estimate of drug-likeness (QED) is 0.499. The van der Waals surface area contributed by atoms with Gasteiger partial charge in [0, 0.05) is 13.1 Å². The van der Waals surface area contributed by atoms with Crippen LogP contribution in [0.2, 0.25) is 0 Å². The molecule has 1 unspecified atom stereocenters. The number of carbonyl (C=O) groups excluding carboxylic acids is 1. The van der Waals surface area contributed by atoms with Gasteiger partial charge in [0.05, 0.1) is 4.83 Å². The molecule has 1 aliphatic heterocycles. The molecule has 2 nitrogen and oxygen atoms in total. The Labute approximate surface area is 81.8 Å². The molecule has 68 valence electrons. The van der Waals surface area contributed by atoms with Crippen molar-refractivity contribution in [2.24, 2.45) is 0 Å². The average molecular weight is 232 g/mol. The normalized spacial score (nSPS) is 20.2. The van der Waals surface area contributed by atoms with E-state index in [9.17, 15) is 4.79 Å². The van der Waals surface area contributed by atoms with Crippen molar-refractivity contribution in [1.82, 2.24) is 4.90 Å². The molecule has 0 saturated heterocycles. The van der Waals surface area contributed by atoms with E-state index >= 15 is 0 Å². The third-order valence-corrected chi connectivity index (χ3v) is 2.38. The molecule has 0 N–H and O–H groups in total. The van der Waals surface area contributed by atoms with E-state index in [-0.39, 0.29) is 10.7 Å². The zero-order valence-corrected chi connectivity index (χ0v) is 9.10. The number of hydrogen-bond donors (Lipinski definition) is 0. The number of amides is 1. The Morgan fingerprint density at radius 3 is 2.92 bits per heavy atom. The fourth-order valence-corrected chi connectivity index (χ4v) is 1.64. The van der Waals surface area contributed by atoms with Gasteiger partial charge in [0.15, 0.2) is 0 Å². The van der Waals surface area contributed by atoms with Crippen LogP contribution in [-0.2, 0) is 4.79 Å². The molecule has 12 heavy (non-hydrogen) atoms. The molecule has 0 aliphatic carbocycles. The Morgan fingerprint density at radius 2 is 2.42 bits per heavy atom. The fraction of sp³-hybridized carbons (Fsp3) is 0.667. The van der Waals surface area contributed by atoms with Gasteiger partial charge in [-0.3, -0.25) is 4.79 Å². The highest BCUT2D eigenvalue weighted by Gasteiger charge is 2.19. The molecular formula is C9H14BrNO. The van der Waals surface area contributed by atoms with Crippen molar-refractivity contribution < 1.29 is 4.79 Å². The van der Waals surface area contributed by atoms with Gasteiger partial charge < -0.3 is 4.90 Å². The van der Waals surface area contributed by atoms with Gasteiger partial charge in [0.25, 0.3) is 0 Å². The Balaban J connectivity index is 2.55. The van der Waals surface area contributed by atoms with E-state index in [2.05, 4.69) is 28.9 Å². The predicted octanol–water partition coefficient (Wildman–Crippen LogP) is 1.95. The Hall–Kier alpha value is -0.310. The first kappa shape index (κ1) is 9.78. The summed E-state index contributed by atoms with van der Waals surface area (Å²) in [6.07, 6.45) is 3.19. The maximum Gasteiger partial charge on any atom is 0.236 e. The Kier molecular flexibility index (Phi) is 3.32. The molecule has 1 heterocycles. The first-order chi connectivity index (χ1) is 5.61. The summed E-state index contributed by atoms with van der Waals surface area (Å²) in [5, 5.41) is 0. The second-order valence-electron chi connectivity index (χ2n) is 3.21. The second-order valence-corrected chi connectivity index (χ2v) is 4.59. The third-order valence-electron chi connectivity index (χ3n) is 1.98. The molecule has 0 saturated carbocycles. The maximum atomic E-state index is 11.5. The van der Waals surface area contributed by atoms with Crippen LogP contribution < -0.4 is 0 Å². The van der Waals surface area contributed by atoms with E-state index < -0.39 is 0 Å². The van der Waals surface area contributed by atoms with Gasteiger partial charge in [-0.25, -0.2) is 0 Å². The van der Waals surface area contributed by atoms with E-state index in [1.165, 1.54) is 5.57 Å². The molecular weight excluding hydrogens is 218 g/mol. The summed E-state index contributed by atoms with van der Waals surface area (Å²) in [5.41, 5.74) is 1.29. The minimum Gasteiger partial charge on any atom is -0.337 e. The summed E-state index contributed by atoms with van der Waals surface area (Å²) < 4.78 is 0. The summed E-state index contributed by atoms with van der Waals surface area (Å²) in [6.45, 7) is 5.61. The lowest BCUT2D eigenvalue weighted by atomic mass is 10.1. The smallest absolute Gasteiger partial charge is 0.236 e. The molecule has 0 aromatic heterocycles. The highest BCUT2D eigenvalue weighted by Crippen LogP contribution is 2.12. The first-order valence-corrected chi connectivity index (χ1v) is 5.11. The van der Waals surface area contributed by atoms with Crippen LogP contribution in [0.4, 0.5) is 0 Å². The highest BCUT2D eigenvalue weighted by molar-refractivity contribution is 9.10. The van der Waals surface area contributed by atoms with Crippen LogP contribution in [0.1, 0.15) is 20.3 Å². The van der Waals surface area contributed by atoms with E-state index in [0.717, 1.165) is 19.5 Å². The molecule has 1 rings (SSSR count). The van der Waals surface area contributed by atoms with Gasteiger partial charge >= 0.3 is 0 Å². The van der Waals surface area contributed by atoms with Crippen LogP contribution >= 0.6 is 15.9 Å². The largest absolute Gasteiger partial charge is 0.337 e. The van der Waals surface area contributed by atoms with Gasteiger partial charge in [-0.2, -0.15) is 0 Å². The average Bonchev–Trinajstić information content (AvgIpc) is 2.03. The predicted molar refractivity (Wildman–Crippen MR) is 53.3 cm³/mol. The van der Waals surface area contributed by atoms with E-state index in [1.54, 1.807) is 0 Å². The number of halogens is 1. The van der Waals surface area contributed by atoms with E-state index in [4.69, 9.17) is 0 Å². The van der Waals surface area contributed by atoms with E-state index in [1.807, 2.05) is 11.8 Å². The number of nitrogens with zero attached hydrogens (tertiary/aromatic N) is 1. The molecule has 0 aromatic rings. The van der Waals surface area contributed by atoms with Crippen LogP contribution in [-0.4, -0.2) is 28.7 Å². The molecule has 0 radical (unpaired) electrons. The van der Waals surface area contributed by atoms with Crippen molar-refractivity contribution in [3.8, 4) is 0 Å². The second kappa shape index (κ2) is 4.08. The minimum atomic E-state index is -0.0524. The molecule has 0 aromatic carbocycles. The zero-order valence-electron chi connectivity index (χ0n) is 7.51. The molecule has 0 spiro atoms. The lowest BCUT2D eigenvalue weighted by Gasteiger charge is -2.27. The van der Waals surface area contributed by atoms with Gasteiger partial charge in [0.2, 0.25) is 5.91 Å². The summed E-state index contributed by atoms with van der Waals surface area (Å²) in [6, 6.07) is 0. The van der Waals surface area contributed by atoms with Crippen LogP contribution in [0.25, 0.3) is 0 Å². The van der Waals surface area contributed by atoms with Crippen molar-refractivity contribution >= 4 is 21.8 Å². The van der Waals surface area contributed by atoms with Gasteiger partial charge in [0.1, 0.15) is 0 Å². The number of alkyl halides is 1. The van der Waals surface area contributed by atoms with Crippen molar-refractivity contribution in [3.05, 3.63) is 11.6 Å². The van der Waals surface area contributed by atoms with E-state index in [0.29, 0.717) is 0 Å². The number of hydrogen-bond acceptors (Lipinski definition) is 1. The standard InChI is InChI=1S/C9H14BrNO/c1-7-4-3-5-11(6-7)9(12)8(2)10/h4,8H,3,5-6H2,1-2H3. The highest BCUT2D eigenvalue weighted by atomic mass is 79.9. The lowest BCUT2D eigenvalue weighted by Crippen LogP contribution is -2.38. The molecule has 0 fully saturated rings. The van der Waals surface area contributed by atoms with Crippen LogP contribution in [0.5, 0.6) is 0 Å². The van der Waals surface area contributed by atoms with Crippen LogP contribution in [0.3, 0.4) is 0 Å². The number of rotatable bonds is 1. The zero-order chi connectivity index (χ0) is 9.14. The topological polar surface area (TPSA) is 20.3 Å². The minimum absolute atomic E-state index is 0.0524. The van der Waals surface area contributed by atoms with Crippen molar-refractivity contribution in [1.29, 1.82) is 0 Å². The molecule has 1 amide bonds. The molecule has 0 bridgehead atoms. The van der Waals surface area contributed by atoms with Crippen LogP contribution in [0, 0.1) is 0 Å². The summed E-state index contributed by atoms with van der Waals surface area (Å²) in [5.74, 6) is 0.197. The third kappa shape index (κ3) is 2.34. The fourth-order valence-electron chi connectivity index (χ4n) is 1.35. The molecule has 1 atom stereocenters. The lowest BCUT2D eigenvalue weighted by molar-refractivity contribution is -0.129. The summed E-state index contributed by atoms with van der Waals surface area (Å²) in [4.78, 5) is 13.3. The van der Waals surface area contributed by atoms with Gasteiger partial charge in [-0.15, -0.1) is 0 Å². The summed E-state index contributed by atoms with van der Waals surface area (Å²) in [7, 11) is 0. The van der Waals surface area contributed by atoms with Crippen LogP contribution in [0.15, 0.2) is 11.6 Å². The SMILES string of the molecule is CC1=CCCN(C(=O)C(C)Br)C1. The number of carbonyl (C=O) groups is 1. The van der Waals surface area contributed by atoms with Crippen molar-refractivity contribution in [2.45, 2.75) is 25.1 Å². The summed E-state index contributed by atoms with van der Waals surface area (Å²) >= 11 is 3.28. The monoisotopic (exact) mass is 231 g/mol. The Bertz CT molecular complexity index is 211. The maximum absolute atomic E-state index is 11.5. The van der Waals surface area contributed by atoms with Crippen molar-refractivity contribution in [2.75, 3.05) is 13.1 Å². The molecule has 3 heteroatoms. The first-order valence-electron chi connectivity index (χ1n) is 4.19. The Morgan fingerprint density at radius 1 is 1.75 bits per heavy atom.